The predicted molar refractivity (Wildman–Crippen MR) is 85.8 cm³/mol. The molecule has 7 heteroatoms. The maximum atomic E-state index is 11.9. The van der Waals surface area contributed by atoms with Crippen LogP contribution in [0.3, 0.4) is 0 Å². The van der Waals surface area contributed by atoms with Crippen molar-refractivity contribution in [2.45, 2.75) is 4.90 Å². The average Bonchev–Trinajstić information content (AvgIpc) is 2.53. The topological polar surface area (TPSA) is 94.3 Å². The summed E-state index contributed by atoms with van der Waals surface area (Å²) in [6.07, 6.45) is 3.38. The standard InChI is InChI=1S/C15H15N3O3S/c1-22-12-7-3-2-6-11(12)18-13(19)9-21-15(20)10-5-4-8-17-14(10)16/h2-8H,9H2,1H3,(H2,16,17)(H,18,19). The molecule has 0 saturated heterocycles. The number of para-hydroxylation sites is 1. The highest BCUT2D eigenvalue weighted by Gasteiger charge is 2.14. The average molecular weight is 317 g/mol. The van der Waals surface area contributed by atoms with Gasteiger partial charge < -0.3 is 15.8 Å². The van der Waals surface area contributed by atoms with Gasteiger partial charge in [-0.3, -0.25) is 4.79 Å². The zero-order chi connectivity index (χ0) is 15.9. The first-order valence-corrected chi connectivity index (χ1v) is 7.64. The van der Waals surface area contributed by atoms with Crippen LogP contribution < -0.4 is 11.1 Å². The number of ether oxygens (including phenoxy) is 1. The predicted octanol–water partition coefficient (Wildman–Crippen LogP) is 2.18. The number of hydrogen-bond acceptors (Lipinski definition) is 6. The summed E-state index contributed by atoms with van der Waals surface area (Å²) in [4.78, 5) is 28.4. The van der Waals surface area contributed by atoms with Gasteiger partial charge in [0.05, 0.1) is 5.69 Å². The molecule has 0 atom stereocenters. The maximum absolute atomic E-state index is 11.9. The number of anilines is 2. The molecular formula is C15H15N3O3S. The van der Waals surface area contributed by atoms with Gasteiger partial charge in [0.25, 0.3) is 5.91 Å². The van der Waals surface area contributed by atoms with Crippen LogP contribution in [0.25, 0.3) is 0 Å². The summed E-state index contributed by atoms with van der Waals surface area (Å²) in [7, 11) is 0. The number of carbonyl (C=O) groups excluding carboxylic acids is 2. The van der Waals surface area contributed by atoms with Gasteiger partial charge in [-0.1, -0.05) is 12.1 Å². The van der Waals surface area contributed by atoms with Gasteiger partial charge in [0, 0.05) is 11.1 Å². The van der Waals surface area contributed by atoms with Crippen LogP contribution in [0.2, 0.25) is 0 Å². The number of nitrogens with two attached hydrogens (primary N) is 1. The van der Waals surface area contributed by atoms with Gasteiger partial charge in [-0.25, -0.2) is 9.78 Å². The number of pyridine rings is 1. The monoisotopic (exact) mass is 317 g/mol. The van der Waals surface area contributed by atoms with Gasteiger partial charge >= 0.3 is 5.97 Å². The molecule has 0 aliphatic rings. The maximum Gasteiger partial charge on any atom is 0.342 e. The molecule has 114 valence electrons. The van der Waals surface area contributed by atoms with Crippen molar-refractivity contribution in [1.29, 1.82) is 0 Å². The molecule has 0 saturated carbocycles. The quantitative estimate of drug-likeness (QED) is 0.648. The van der Waals surface area contributed by atoms with Crippen molar-refractivity contribution in [3.63, 3.8) is 0 Å². The number of aromatic nitrogens is 1. The molecule has 1 heterocycles. The van der Waals surface area contributed by atoms with Crippen molar-refractivity contribution in [2.24, 2.45) is 0 Å². The summed E-state index contributed by atoms with van der Waals surface area (Å²) in [6.45, 7) is -0.393. The minimum Gasteiger partial charge on any atom is -0.452 e. The fraction of sp³-hybridized carbons (Fsp3) is 0.133. The zero-order valence-corrected chi connectivity index (χ0v) is 12.7. The molecule has 0 fully saturated rings. The number of esters is 1. The van der Waals surface area contributed by atoms with E-state index in [9.17, 15) is 9.59 Å². The van der Waals surface area contributed by atoms with Crippen molar-refractivity contribution in [1.82, 2.24) is 4.98 Å². The molecule has 0 aliphatic heterocycles. The molecule has 1 aromatic heterocycles. The van der Waals surface area contributed by atoms with Crippen LogP contribution in [0.15, 0.2) is 47.5 Å². The first kappa shape index (κ1) is 15.8. The Morgan fingerprint density at radius 3 is 2.77 bits per heavy atom. The third kappa shape index (κ3) is 3.98. The Bertz CT molecular complexity index is 691. The Balaban J connectivity index is 1.93. The summed E-state index contributed by atoms with van der Waals surface area (Å²) in [5.74, 6) is -1.03. The van der Waals surface area contributed by atoms with Gasteiger partial charge in [-0.2, -0.15) is 0 Å². The summed E-state index contributed by atoms with van der Waals surface area (Å²) < 4.78 is 4.94. The molecule has 0 bridgehead atoms. The summed E-state index contributed by atoms with van der Waals surface area (Å²) in [5, 5.41) is 2.70. The number of thioether (sulfide) groups is 1. The largest absolute Gasteiger partial charge is 0.452 e. The second kappa shape index (κ2) is 7.46. The number of nitrogens with one attached hydrogen (secondary N) is 1. The van der Waals surface area contributed by atoms with Gasteiger partial charge in [0.15, 0.2) is 6.61 Å². The third-order valence-corrected chi connectivity index (χ3v) is 3.57. The number of benzene rings is 1. The SMILES string of the molecule is CSc1ccccc1NC(=O)COC(=O)c1cccnc1N. The van der Waals surface area contributed by atoms with Gasteiger partial charge in [-0.05, 0) is 30.5 Å². The van der Waals surface area contributed by atoms with Gasteiger partial charge in [-0.15, -0.1) is 11.8 Å². The number of nitrogen functional groups attached to an aromatic ring is 1. The number of amides is 1. The highest BCUT2D eigenvalue weighted by molar-refractivity contribution is 7.98. The second-order valence-electron chi connectivity index (χ2n) is 4.26. The molecule has 0 radical (unpaired) electrons. The Morgan fingerprint density at radius 1 is 1.27 bits per heavy atom. The van der Waals surface area contributed by atoms with Gasteiger partial charge in [0.1, 0.15) is 11.4 Å². The van der Waals surface area contributed by atoms with E-state index in [4.69, 9.17) is 10.5 Å². The van der Waals surface area contributed by atoms with Crippen LogP contribution in [0, 0.1) is 0 Å². The lowest BCUT2D eigenvalue weighted by molar-refractivity contribution is -0.119. The molecule has 0 spiro atoms. The van der Waals surface area contributed by atoms with Crippen LogP contribution in [0.1, 0.15) is 10.4 Å². The minimum atomic E-state index is -0.682. The molecule has 0 aliphatic carbocycles. The van der Waals surface area contributed by atoms with E-state index in [1.165, 1.54) is 24.0 Å². The first-order valence-electron chi connectivity index (χ1n) is 6.42. The zero-order valence-electron chi connectivity index (χ0n) is 11.9. The van der Waals surface area contributed by atoms with Gasteiger partial charge in [0.2, 0.25) is 0 Å². The van der Waals surface area contributed by atoms with E-state index in [2.05, 4.69) is 10.3 Å². The Labute approximate surface area is 132 Å². The third-order valence-electron chi connectivity index (χ3n) is 2.77. The van der Waals surface area contributed by atoms with E-state index in [0.29, 0.717) is 5.69 Å². The van der Waals surface area contributed by atoms with Crippen LogP contribution in [0.4, 0.5) is 11.5 Å². The van der Waals surface area contributed by atoms with Crippen LogP contribution in [-0.4, -0.2) is 29.7 Å². The first-order chi connectivity index (χ1) is 10.6. The molecule has 1 aromatic carbocycles. The molecule has 2 rings (SSSR count). The normalized spacial score (nSPS) is 10.0. The summed E-state index contributed by atoms with van der Waals surface area (Å²) >= 11 is 1.51. The molecule has 22 heavy (non-hydrogen) atoms. The molecular weight excluding hydrogens is 302 g/mol. The fourth-order valence-electron chi connectivity index (χ4n) is 1.73. The fourth-order valence-corrected chi connectivity index (χ4v) is 2.29. The molecule has 6 nitrogen and oxygen atoms in total. The van der Waals surface area contributed by atoms with Crippen molar-refractivity contribution in [3.05, 3.63) is 48.2 Å². The lowest BCUT2D eigenvalue weighted by Crippen LogP contribution is -2.21. The van der Waals surface area contributed by atoms with Crippen molar-refractivity contribution < 1.29 is 14.3 Å². The van der Waals surface area contributed by atoms with Crippen molar-refractivity contribution in [3.8, 4) is 0 Å². The van der Waals surface area contributed by atoms with E-state index < -0.39 is 18.5 Å². The number of rotatable bonds is 5. The van der Waals surface area contributed by atoms with E-state index in [0.717, 1.165) is 4.90 Å². The van der Waals surface area contributed by atoms with Crippen molar-refractivity contribution in [2.75, 3.05) is 23.9 Å². The smallest absolute Gasteiger partial charge is 0.342 e. The lowest BCUT2D eigenvalue weighted by Gasteiger charge is -2.10. The highest BCUT2D eigenvalue weighted by Crippen LogP contribution is 2.24. The highest BCUT2D eigenvalue weighted by atomic mass is 32.2. The van der Waals surface area contributed by atoms with Crippen molar-refractivity contribution >= 4 is 35.1 Å². The summed E-state index contributed by atoms with van der Waals surface area (Å²) in [5.41, 5.74) is 6.39. The number of hydrogen-bond donors (Lipinski definition) is 2. The number of nitrogens with zero attached hydrogens (tertiary/aromatic N) is 1. The van der Waals surface area contributed by atoms with E-state index in [-0.39, 0.29) is 11.4 Å². The number of carbonyl (C=O) groups is 2. The van der Waals surface area contributed by atoms with E-state index in [1.54, 1.807) is 12.1 Å². The van der Waals surface area contributed by atoms with Crippen LogP contribution in [-0.2, 0) is 9.53 Å². The Morgan fingerprint density at radius 2 is 2.05 bits per heavy atom. The lowest BCUT2D eigenvalue weighted by atomic mass is 10.2. The van der Waals surface area contributed by atoms with Crippen LogP contribution >= 0.6 is 11.8 Å². The molecule has 0 unspecified atom stereocenters. The van der Waals surface area contributed by atoms with E-state index in [1.807, 2.05) is 24.5 Å². The van der Waals surface area contributed by atoms with E-state index >= 15 is 0 Å². The Hall–Kier alpha value is -2.54. The summed E-state index contributed by atoms with van der Waals surface area (Å²) in [6, 6.07) is 10.4. The molecule has 1 amide bonds. The molecule has 2 aromatic rings. The second-order valence-corrected chi connectivity index (χ2v) is 5.11. The van der Waals surface area contributed by atoms with Crippen LogP contribution in [0.5, 0.6) is 0 Å². The Kier molecular flexibility index (Phi) is 5.37. The minimum absolute atomic E-state index is 0.0700. The molecule has 3 N–H and O–H groups in total.